The van der Waals surface area contributed by atoms with Gasteiger partial charge in [-0.05, 0) is 13.3 Å². The smallest absolute Gasteiger partial charge is 0.333 e. The minimum atomic E-state index is -2.81. The zero-order valence-electron chi connectivity index (χ0n) is 10.5. The largest absolute Gasteiger partial charge is 0.463 e. The molecule has 1 unspecified atom stereocenters. The Bertz CT molecular complexity index is 317. The van der Waals surface area contributed by atoms with E-state index in [2.05, 4.69) is 9.47 Å². The molecule has 0 spiro atoms. The lowest BCUT2D eigenvalue weighted by molar-refractivity contribution is -0.315. The van der Waals surface area contributed by atoms with Crippen molar-refractivity contribution in [2.75, 3.05) is 6.61 Å². The number of hydrogen-bond donors (Lipinski definition) is 4. The first kappa shape index (κ1) is 17.5. The van der Waals surface area contributed by atoms with Gasteiger partial charge in [0.05, 0.1) is 6.61 Å². The topological polar surface area (TPSA) is 134 Å². The maximum atomic E-state index is 11.1. The van der Waals surface area contributed by atoms with E-state index in [0.29, 0.717) is 0 Å². The summed E-state index contributed by atoms with van der Waals surface area (Å²) in [5.74, 6) is -4.46. The van der Waals surface area contributed by atoms with Gasteiger partial charge in [-0.3, -0.25) is 0 Å². The van der Waals surface area contributed by atoms with Gasteiger partial charge in [0, 0.05) is 25.0 Å². The fraction of sp³-hybridized carbons (Fsp3) is 0.636. The molecule has 8 heteroatoms. The number of rotatable bonds is 8. The van der Waals surface area contributed by atoms with E-state index < -0.39 is 30.6 Å². The molecule has 0 bridgehead atoms. The van der Waals surface area contributed by atoms with E-state index in [-0.39, 0.29) is 19.4 Å². The van der Waals surface area contributed by atoms with Crippen molar-refractivity contribution >= 4 is 11.9 Å². The summed E-state index contributed by atoms with van der Waals surface area (Å²) in [6.07, 6.45) is -0.293. The van der Waals surface area contributed by atoms with Crippen LogP contribution >= 0.6 is 0 Å². The number of carbonyl (C=O) groups is 2. The van der Waals surface area contributed by atoms with Crippen LogP contribution in [0.25, 0.3) is 0 Å². The lowest BCUT2D eigenvalue weighted by Crippen LogP contribution is -2.27. The third-order valence-electron chi connectivity index (χ3n) is 1.86. The standard InChI is InChI=1S/C11H18O8/c1-2-18-8(12)5-6-10(14)19-9(13)4-3-7-11(15,16)17/h5-6,9,13,15-17H,2-4,7H2,1H3/b6-5+. The van der Waals surface area contributed by atoms with Crippen molar-refractivity contribution in [2.45, 2.75) is 38.4 Å². The lowest BCUT2D eigenvalue weighted by atomic mass is 10.2. The van der Waals surface area contributed by atoms with E-state index in [9.17, 15) is 14.7 Å². The molecular weight excluding hydrogens is 260 g/mol. The molecule has 0 saturated heterocycles. The number of ether oxygens (including phenoxy) is 2. The molecule has 0 saturated carbocycles. The monoisotopic (exact) mass is 278 g/mol. The Morgan fingerprint density at radius 3 is 2.32 bits per heavy atom. The fourth-order valence-corrected chi connectivity index (χ4v) is 1.07. The maximum absolute atomic E-state index is 11.1. The minimum Gasteiger partial charge on any atom is -0.463 e. The van der Waals surface area contributed by atoms with Crippen molar-refractivity contribution in [3.8, 4) is 0 Å². The van der Waals surface area contributed by atoms with Gasteiger partial charge in [0.1, 0.15) is 0 Å². The highest BCUT2D eigenvalue weighted by atomic mass is 16.7. The second-order valence-corrected chi connectivity index (χ2v) is 3.64. The highest BCUT2D eigenvalue weighted by molar-refractivity contribution is 5.91. The molecule has 110 valence electrons. The van der Waals surface area contributed by atoms with E-state index >= 15 is 0 Å². The van der Waals surface area contributed by atoms with E-state index in [4.69, 9.17) is 15.3 Å². The fourth-order valence-electron chi connectivity index (χ4n) is 1.07. The Balaban J connectivity index is 3.90. The van der Waals surface area contributed by atoms with Crippen LogP contribution in [0.1, 0.15) is 26.2 Å². The first-order valence-corrected chi connectivity index (χ1v) is 5.65. The predicted octanol–water partition coefficient (Wildman–Crippen LogP) is -1.23. The molecule has 0 aromatic rings. The Hall–Kier alpha value is -1.48. The van der Waals surface area contributed by atoms with E-state index in [0.717, 1.165) is 12.2 Å². The van der Waals surface area contributed by atoms with Crippen LogP contribution in [0.2, 0.25) is 0 Å². The summed E-state index contributed by atoms with van der Waals surface area (Å²) in [6.45, 7) is 1.78. The number of aliphatic hydroxyl groups excluding tert-OH is 1. The van der Waals surface area contributed by atoms with Crippen LogP contribution < -0.4 is 0 Å². The Morgan fingerprint density at radius 2 is 1.79 bits per heavy atom. The SMILES string of the molecule is CCOC(=O)/C=C/C(=O)OC(O)CCCC(O)(O)O. The van der Waals surface area contributed by atoms with Crippen LogP contribution in [-0.2, 0) is 19.1 Å². The summed E-state index contributed by atoms with van der Waals surface area (Å²) in [5.41, 5.74) is 0. The molecule has 0 aliphatic rings. The average molecular weight is 278 g/mol. The van der Waals surface area contributed by atoms with Gasteiger partial charge < -0.3 is 29.9 Å². The molecular formula is C11H18O8. The van der Waals surface area contributed by atoms with E-state index in [1.807, 2.05) is 0 Å². The Kier molecular flexibility index (Phi) is 7.92. The van der Waals surface area contributed by atoms with Gasteiger partial charge in [0.15, 0.2) is 0 Å². The number of esters is 2. The van der Waals surface area contributed by atoms with Crippen LogP contribution in [0.4, 0.5) is 0 Å². The van der Waals surface area contributed by atoms with Crippen LogP contribution in [0.3, 0.4) is 0 Å². The summed E-state index contributed by atoms with van der Waals surface area (Å²) in [4.78, 5) is 22.0. The van der Waals surface area contributed by atoms with Crippen LogP contribution in [0.5, 0.6) is 0 Å². The summed E-state index contributed by atoms with van der Waals surface area (Å²) in [6, 6.07) is 0. The Labute approximate surface area is 109 Å². The quantitative estimate of drug-likeness (QED) is 0.246. The maximum Gasteiger partial charge on any atom is 0.333 e. The van der Waals surface area contributed by atoms with E-state index in [1.54, 1.807) is 6.92 Å². The first-order chi connectivity index (χ1) is 8.74. The summed E-state index contributed by atoms with van der Waals surface area (Å²) in [7, 11) is 0. The average Bonchev–Trinajstić information content (AvgIpc) is 2.25. The Morgan fingerprint density at radius 1 is 1.21 bits per heavy atom. The second kappa shape index (κ2) is 8.59. The number of aliphatic hydroxyl groups is 4. The van der Waals surface area contributed by atoms with E-state index in [1.165, 1.54) is 0 Å². The van der Waals surface area contributed by atoms with Crippen molar-refractivity contribution in [2.24, 2.45) is 0 Å². The highest BCUT2D eigenvalue weighted by Gasteiger charge is 2.18. The summed E-state index contributed by atoms with van der Waals surface area (Å²) < 4.78 is 8.99. The van der Waals surface area contributed by atoms with Gasteiger partial charge in [-0.15, -0.1) is 0 Å². The van der Waals surface area contributed by atoms with Crippen molar-refractivity contribution in [3.63, 3.8) is 0 Å². The molecule has 0 aromatic carbocycles. The van der Waals surface area contributed by atoms with Gasteiger partial charge in [-0.25, -0.2) is 9.59 Å². The zero-order chi connectivity index (χ0) is 14.9. The normalized spacial score (nSPS) is 13.3. The molecule has 8 nitrogen and oxygen atoms in total. The van der Waals surface area contributed by atoms with Gasteiger partial charge >= 0.3 is 11.9 Å². The summed E-state index contributed by atoms with van der Waals surface area (Å²) >= 11 is 0. The molecule has 4 N–H and O–H groups in total. The van der Waals surface area contributed by atoms with Gasteiger partial charge in [-0.2, -0.15) is 0 Å². The van der Waals surface area contributed by atoms with Crippen molar-refractivity contribution < 1.29 is 39.5 Å². The number of hydrogen-bond acceptors (Lipinski definition) is 8. The summed E-state index contributed by atoms with van der Waals surface area (Å²) in [5, 5.41) is 34.9. The molecule has 0 rings (SSSR count). The molecule has 0 radical (unpaired) electrons. The molecule has 0 aliphatic carbocycles. The van der Waals surface area contributed by atoms with Gasteiger partial charge in [0.25, 0.3) is 5.97 Å². The number of carbonyl (C=O) groups excluding carboxylic acids is 2. The molecule has 0 aliphatic heterocycles. The molecule has 1 atom stereocenters. The minimum absolute atomic E-state index is 0.0134. The van der Waals surface area contributed by atoms with Crippen molar-refractivity contribution in [3.05, 3.63) is 12.2 Å². The first-order valence-electron chi connectivity index (χ1n) is 5.65. The highest BCUT2D eigenvalue weighted by Crippen LogP contribution is 2.09. The lowest BCUT2D eigenvalue weighted by Gasteiger charge is -2.15. The molecule has 0 amide bonds. The van der Waals surface area contributed by atoms with Crippen LogP contribution in [0.15, 0.2) is 12.2 Å². The van der Waals surface area contributed by atoms with Crippen LogP contribution in [0, 0.1) is 0 Å². The van der Waals surface area contributed by atoms with Gasteiger partial charge in [-0.1, -0.05) is 0 Å². The van der Waals surface area contributed by atoms with Crippen LogP contribution in [-0.4, -0.2) is 51.2 Å². The molecule has 19 heavy (non-hydrogen) atoms. The zero-order valence-corrected chi connectivity index (χ0v) is 10.5. The molecule has 0 heterocycles. The third kappa shape index (κ3) is 11.3. The molecule has 0 aromatic heterocycles. The molecule has 0 fully saturated rings. The predicted molar refractivity (Wildman–Crippen MR) is 61.1 cm³/mol. The second-order valence-electron chi connectivity index (χ2n) is 3.64. The third-order valence-corrected chi connectivity index (χ3v) is 1.86. The van der Waals surface area contributed by atoms with Crippen molar-refractivity contribution in [1.82, 2.24) is 0 Å². The van der Waals surface area contributed by atoms with Gasteiger partial charge in [0.2, 0.25) is 6.29 Å². The van der Waals surface area contributed by atoms with Crippen molar-refractivity contribution in [1.29, 1.82) is 0 Å².